The van der Waals surface area contributed by atoms with Gasteiger partial charge in [-0.15, -0.1) is 0 Å². The van der Waals surface area contributed by atoms with Crippen molar-refractivity contribution in [2.45, 2.75) is 52.0 Å². The average Bonchev–Trinajstić information content (AvgIpc) is 2.65. The second kappa shape index (κ2) is 10.9. The Labute approximate surface area is 188 Å². The second-order valence-corrected chi connectivity index (χ2v) is 8.68. The third-order valence-electron chi connectivity index (χ3n) is 6.36. The molecule has 7 heteroatoms. The first-order chi connectivity index (χ1) is 12.9. The topological polar surface area (TPSA) is 38.8 Å². The van der Waals surface area contributed by atoms with Gasteiger partial charge in [0.1, 0.15) is 5.78 Å². The van der Waals surface area contributed by atoms with Crippen LogP contribution in [0.15, 0.2) is 12.1 Å². The van der Waals surface area contributed by atoms with E-state index in [4.69, 9.17) is 9.47 Å². The van der Waals surface area contributed by atoms with Crippen LogP contribution in [0.25, 0.3) is 0 Å². The molecule has 0 bridgehead atoms. The highest BCUT2D eigenvalue weighted by Crippen LogP contribution is 2.43. The molecular weight excluding hydrogens is 409 g/mol. The zero-order chi connectivity index (χ0) is 19.6. The highest BCUT2D eigenvalue weighted by molar-refractivity contribution is 7.59. The maximum atomic E-state index is 12.9. The van der Waals surface area contributed by atoms with Crippen molar-refractivity contribution in [3.63, 3.8) is 0 Å². The van der Waals surface area contributed by atoms with E-state index >= 15 is 0 Å². The number of ketones is 1. The van der Waals surface area contributed by atoms with Gasteiger partial charge in [0.15, 0.2) is 11.5 Å². The Kier molecular flexibility index (Phi) is 9.83. The van der Waals surface area contributed by atoms with Crippen molar-refractivity contribution in [1.29, 1.82) is 0 Å². The number of carbonyl (C=O) groups is 1. The standard InChI is InChI=1S/C22H32FNO3.2H2S/c1-22(2,8-9-23)7-5-16-14-24-10-6-15-11-20(26-3)21(27-4)12-17(15)18(24)13-19(16)25;;/h11-12,16,18H,5-10,13-14H2,1-4H3;2*1H2/t16-,18-;;/m0../s1/i23+0;;. The minimum Gasteiger partial charge on any atom is -0.493 e. The van der Waals surface area contributed by atoms with Gasteiger partial charge in [0.2, 0.25) is 0 Å². The molecule has 1 saturated heterocycles. The van der Waals surface area contributed by atoms with Crippen LogP contribution in [0.1, 0.15) is 56.7 Å². The third-order valence-corrected chi connectivity index (χ3v) is 6.36. The number of nitrogens with zero attached hydrogens (tertiary/aromatic N) is 1. The lowest BCUT2D eigenvalue weighted by Crippen LogP contribution is -2.46. The van der Waals surface area contributed by atoms with Crippen LogP contribution in [-0.4, -0.2) is 44.7 Å². The summed E-state index contributed by atoms with van der Waals surface area (Å²) < 4.78 is 23.6. The Morgan fingerprint density at radius 1 is 1.14 bits per heavy atom. The summed E-state index contributed by atoms with van der Waals surface area (Å²) in [5.41, 5.74) is 2.41. The number of carbonyl (C=O) groups excluding carboxylic acids is 1. The van der Waals surface area contributed by atoms with E-state index in [0.29, 0.717) is 18.6 Å². The number of rotatable bonds is 7. The predicted octanol–water partition coefficient (Wildman–Crippen LogP) is 4.58. The molecule has 4 nitrogen and oxygen atoms in total. The number of hydrogen-bond donors (Lipinski definition) is 0. The Morgan fingerprint density at radius 2 is 1.79 bits per heavy atom. The summed E-state index contributed by atoms with van der Waals surface area (Å²) in [5.74, 6) is 1.89. The molecule has 2 atom stereocenters. The first-order valence-electron chi connectivity index (χ1n) is 9.96. The molecule has 0 amide bonds. The number of methoxy groups -OCH3 is 2. The lowest BCUT2D eigenvalue weighted by Gasteiger charge is -2.43. The number of ether oxygens (including phenoxy) is 2. The fraction of sp³-hybridized carbons (Fsp3) is 0.682. The van der Waals surface area contributed by atoms with Crippen molar-refractivity contribution in [3.8, 4) is 11.5 Å². The molecule has 2 aliphatic rings. The van der Waals surface area contributed by atoms with Gasteiger partial charge in [-0.1, -0.05) is 13.8 Å². The van der Waals surface area contributed by atoms with Crippen LogP contribution < -0.4 is 9.47 Å². The van der Waals surface area contributed by atoms with Crippen LogP contribution in [-0.2, 0) is 11.2 Å². The molecule has 3 rings (SSSR count). The van der Waals surface area contributed by atoms with Crippen molar-refractivity contribution in [1.82, 2.24) is 4.90 Å². The number of benzene rings is 1. The van der Waals surface area contributed by atoms with E-state index in [9.17, 15) is 9.18 Å². The number of hydrogen-bond acceptors (Lipinski definition) is 4. The summed E-state index contributed by atoms with van der Waals surface area (Å²) in [6, 6.07) is 4.24. The molecule has 2 heterocycles. The summed E-state index contributed by atoms with van der Waals surface area (Å²) in [7, 11) is 3.30. The number of fused-ring (bicyclic) bond motifs is 3. The predicted molar refractivity (Wildman–Crippen MR) is 125 cm³/mol. The van der Waals surface area contributed by atoms with Crippen LogP contribution in [0, 0.1) is 11.3 Å². The minimum atomic E-state index is -0.290. The van der Waals surface area contributed by atoms with E-state index in [2.05, 4.69) is 24.8 Å². The molecule has 166 valence electrons. The zero-order valence-corrected chi connectivity index (χ0v) is 20.0. The summed E-state index contributed by atoms with van der Waals surface area (Å²) >= 11 is 0. The summed E-state index contributed by atoms with van der Waals surface area (Å²) in [6.07, 6.45) is 3.83. The van der Waals surface area contributed by atoms with Crippen molar-refractivity contribution in [2.24, 2.45) is 11.3 Å². The lowest BCUT2D eigenvalue weighted by atomic mass is 9.77. The maximum Gasteiger partial charge on any atom is 0.161 e. The lowest BCUT2D eigenvalue weighted by molar-refractivity contribution is -0.129. The van der Waals surface area contributed by atoms with Crippen molar-refractivity contribution >= 4 is 32.8 Å². The molecule has 0 aliphatic carbocycles. The van der Waals surface area contributed by atoms with Gasteiger partial charge >= 0.3 is 0 Å². The number of halogens is 1. The van der Waals surface area contributed by atoms with Crippen molar-refractivity contribution in [3.05, 3.63) is 23.3 Å². The summed E-state index contributed by atoms with van der Waals surface area (Å²) in [6.45, 7) is 5.68. The molecule has 0 unspecified atom stereocenters. The Bertz CT molecular complexity index is 699. The van der Waals surface area contributed by atoms with Crippen molar-refractivity contribution in [2.75, 3.05) is 34.0 Å². The Balaban J connectivity index is 0.00000210. The molecule has 1 aromatic rings. The average molecular weight is 446 g/mol. The number of alkyl halides is 1. The highest BCUT2D eigenvalue weighted by Gasteiger charge is 2.38. The molecule has 0 aromatic heterocycles. The molecular formula is C22H36FNO3S2. The fourth-order valence-corrected chi connectivity index (χ4v) is 4.48. The van der Waals surface area contributed by atoms with Gasteiger partial charge in [-0.3, -0.25) is 14.1 Å². The monoisotopic (exact) mass is 445 g/mol. The van der Waals surface area contributed by atoms with Gasteiger partial charge in [0, 0.05) is 31.5 Å². The fourth-order valence-electron chi connectivity index (χ4n) is 4.48. The first kappa shape index (κ1) is 26.1. The highest BCUT2D eigenvalue weighted by atomic mass is 32.1. The van der Waals surface area contributed by atoms with Crippen molar-refractivity contribution < 1.29 is 18.7 Å². The van der Waals surface area contributed by atoms with Gasteiger partial charge in [-0.2, -0.15) is 27.0 Å². The third kappa shape index (κ3) is 5.82. The molecule has 2 aliphatic heterocycles. The van der Waals surface area contributed by atoms with Crippen LogP contribution in [0.5, 0.6) is 11.5 Å². The van der Waals surface area contributed by atoms with E-state index in [1.165, 1.54) is 11.1 Å². The number of Topliss-reactive ketones (excluding diaryl/α,β-unsaturated/α-hetero) is 1. The first-order valence-corrected chi connectivity index (χ1v) is 9.96. The van der Waals surface area contributed by atoms with E-state index in [1.54, 1.807) is 14.2 Å². The Morgan fingerprint density at radius 3 is 2.41 bits per heavy atom. The van der Waals surface area contributed by atoms with E-state index in [0.717, 1.165) is 43.9 Å². The van der Waals surface area contributed by atoms with Gasteiger partial charge < -0.3 is 9.47 Å². The summed E-state index contributed by atoms with van der Waals surface area (Å²) in [5, 5.41) is 0. The zero-order valence-electron chi connectivity index (χ0n) is 18.0. The van der Waals surface area contributed by atoms with E-state index in [1.807, 2.05) is 6.07 Å². The maximum absolute atomic E-state index is 12.9. The second-order valence-electron chi connectivity index (χ2n) is 8.68. The van der Waals surface area contributed by atoms with Gasteiger partial charge in [0.05, 0.1) is 20.9 Å². The van der Waals surface area contributed by atoms with Crippen LogP contribution >= 0.6 is 27.0 Å². The minimum absolute atomic E-state index is 0. The smallest absolute Gasteiger partial charge is 0.161 e. The van der Waals surface area contributed by atoms with E-state index in [-0.39, 0.29) is 51.0 Å². The molecule has 0 radical (unpaired) electrons. The molecule has 0 saturated carbocycles. The molecule has 1 aromatic carbocycles. The molecule has 0 N–H and O–H groups in total. The van der Waals surface area contributed by atoms with Crippen LogP contribution in [0.2, 0.25) is 0 Å². The summed E-state index contributed by atoms with van der Waals surface area (Å²) in [4.78, 5) is 15.3. The van der Waals surface area contributed by atoms with Crippen LogP contribution in [0.3, 0.4) is 0 Å². The molecule has 1 fully saturated rings. The van der Waals surface area contributed by atoms with Gasteiger partial charge in [-0.05, 0) is 54.4 Å². The van der Waals surface area contributed by atoms with Crippen LogP contribution in [0.4, 0.5) is 4.39 Å². The Hall–Kier alpha value is -0.920. The normalized spacial score (nSPS) is 21.3. The van der Waals surface area contributed by atoms with Gasteiger partial charge in [-0.25, -0.2) is 0 Å². The molecule has 29 heavy (non-hydrogen) atoms. The van der Waals surface area contributed by atoms with Gasteiger partial charge in [0.25, 0.3) is 0 Å². The van der Waals surface area contributed by atoms with E-state index < -0.39 is 0 Å². The quantitative estimate of drug-likeness (QED) is 0.616. The SMILES string of the molecule is COc1cc2c(cc1OC)[C@@H]1CC(=O)[C@@H](CCC(C)(C)CC[19F])CN1CC2.S.S. The molecule has 0 spiro atoms. The number of piperidine rings is 1. The largest absolute Gasteiger partial charge is 0.493 e.